The van der Waals surface area contributed by atoms with Crippen LogP contribution in [0.1, 0.15) is 79.0 Å². The quantitative estimate of drug-likeness (QED) is 0.332. The van der Waals surface area contributed by atoms with Crippen LogP contribution in [0.15, 0.2) is 42.0 Å². The number of rotatable bonds is 7. The second-order valence-electron chi connectivity index (χ2n) is 9.48. The first kappa shape index (κ1) is 23.3. The molecule has 0 N–H and O–H groups in total. The van der Waals surface area contributed by atoms with Crippen molar-refractivity contribution in [3.8, 4) is 11.1 Å². The highest BCUT2D eigenvalue weighted by Crippen LogP contribution is 2.30. The molecular weight excluding hydrogens is 400 g/mol. The smallest absolute Gasteiger partial charge is 0.186 e. The summed E-state index contributed by atoms with van der Waals surface area (Å²) in [7, 11) is 0. The largest absolute Gasteiger partial charge is 0.348 e. The lowest BCUT2D eigenvalue weighted by Crippen LogP contribution is -2.37. The van der Waals surface area contributed by atoms with E-state index < -0.39 is 0 Å². The molecule has 0 amide bonds. The molecule has 33 heavy (non-hydrogen) atoms. The van der Waals surface area contributed by atoms with Crippen LogP contribution in [0.4, 0.5) is 0 Å². The first-order valence-corrected chi connectivity index (χ1v) is 12.7. The Bertz CT molecular complexity index is 1140. The lowest BCUT2D eigenvalue weighted by Gasteiger charge is -2.08. The van der Waals surface area contributed by atoms with Gasteiger partial charge in [-0.25, -0.2) is 0 Å². The van der Waals surface area contributed by atoms with Crippen molar-refractivity contribution in [2.45, 2.75) is 80.3 Å². The third kappa shape index (κ3) is 4.49. The van der Waals surface area contributed by atoms with Crippen LogP contribution >= 0.6 is 0 Å². The van der Waals surface area contributed by atoms with E-state index in [1.807, 2.05) is 0 Å². The van der Waals surface area contributed by atoms with Gasteiger partial charge in [0.1, 0.15) is 6.54 Å². The van der Waals surface area contributed by atoms with Crippen molar-refractivity contribution in [1.82, 2.24) is 4.57 Å². The van der Waals surface area contributed by atoms with Crippen LogP contribution in [-0.4, -0.2) is 4.57 Å². The number of aromatic nitrogens is 2. The monoisotopic (exact) mass is 439 g/mol. The average Bonchev–Trinajstić information content (AvgIpc) is 3.03. The fraction of sp³-hybridized carbons (Fsp3) is 0.387. The third-order valence-electron chi connectivity index (χ3n) is 7.33. The van der Waals surface area contributed by atoms with Gasteiger partial charge in [0.25, 0.3) is 0 Å². The minimum absolute atomic E-state index is 1.11. The summed E-state index contributed by atoms with van der Waals surface area (Å²) < 4.78 is 4.97. The van der Waals surface area contributed by atoms with Crippen molar-refractivity contribution in [1.29, 1.82) is 0 Å². The Balaban J connectivity index is 1.65. The van der Waals surface area contributed by atoms with Crippen LogP contribution in [0.5, 0.6) is 0 Å². The summed E-state index contributed by atoms with van der Waals surface area (Å²) in [6, 6.07) is 9.13. The third-order valence-corrected chi connectivity index (χ3v) is 7.33. The minimum atomic E-state index is 1.11. The van der Waals surface area contributed by atoms with Gasteiger partial charge in [-0.05, 0) is 49.6 Å². The molecule has 0 radical (unpaired) electrons. The van der Waals surface area contributed by atoms with Crippen LogP contribution in [0.25, 0.3) is 29.4 Å². The van der Waals surface area contributed by atoms with Crippen LogP contribution in [0.2, 0.25) is 0 Å². The van der Waals surface area contributed by atoms with Crippen molar-refractivity contribution in [2.24, 2.45) is 0 Å². The molecule has 1 aromatic rings. The highest BCUT2D eigenvalue weighted by molar-refractivity contribution is 5.79. The van der Waals surface area contributed by atoms with Crippen molar-refractivity contribution in [2.75, 3.05) is 0 Å². The predicted molar refractivity (Wildman–Crippen MR) is 142 cm³/mol. The Morgan fingerprint density at radius 3 is 1.79 bits per heavy atom. The maximum absolute atomic E-state index is 2.48. The molecule has 0 atom stereocenters. The van der Waals surface area contributed by atoms with Gasteiger partial charge in [0.05, 0.1) is 11.1 Å². The lowest BCUT2D eigenvalue weighted by atomic mass is 10.1. The molecule has 172 valence electrons. The molecule has 0 saturated carbocycles. The second kappa shape index (κ2) is 9.95. The first-order chi connectivity index (χ1) is 16.0. The molecule has 1 aromatic heterocycles. The zero-order valence-electron chi connectivity index (χ0n) is 21.3. The van der Waals surface area contributed by atoms with Crippen molar-refractivity contribution in [3.63, 3.8) is 0 Å². The summed E-state index contributed by atoms with van der Waals surface area (Å²) in [5.41, 5.74) is 13.5. The summed E-state index contributed by atoms with van der Waals surface area (Å²) in [5, 5.41) is 0. The topological polar surface area (TPSA) is 8.81 Å². The molecule has 1 aliphatic heterocycles. The van der Waals surface area contributed by atoms with E-state index in [0.29, 0.717) is 0 Å². The van der Waals surface area contributed by atoms with Crippen molar-refractivity contribution < 1.29 is 4.57 Å². The molecule has 2 heterocycles. The summed E-state index contributed by atoms with van der Waals surface area (Å²) in [4.78, 5) is 0. The molecule has 0 aromatic carbocycles. The van der Waals surface area contributed by atoms with E-state index in [1.54, 1.807) is 0 Å². The standard InChI is InChI=1S/C31H39N2/c1-7-9-19-32-22(3)28-15-11-26(12-16-29(28)23(32)4)21-27-13-17-30-24(5)33(20-10-8-2)25(6)31(30)18-14-27/h11-18,21H,7-10,19-20H2,1-6H3/q+1. The van der Waals surface area contributed by atoms with Gasteiger partial charge in [-0.15, -0.1) is 0 Å². The van der Waals surface area contributed by atoms with Gasteiger partial charge in [-0.1, -0.05) is 63.1 Å². The molecule has 0 unspecified atom stereocenters. The molecule has 2 heteroatoms. The zero-order valence-corrected chi connectivity index (χ0v) is 21.3. The van der Waals surface area contributed by atoms with Crippen molar-refractivity contribution >= 4 is 18.2 Å². The van der Waals surface area contributed by atoms with Gasteiger partial charge in [0.15, 0.2) is 11.4 Å². The van der Waals surface area contributed by atoms with Gasteiger partial charge >= 0.3 is 0 Å². The normalized spacial score (nSPS) is 13.0. The predicted octanol–water partition coefficient (Wildman–Crippen LogP) is 7.84. The van der Waals surface area contributed by atoms with Gasteiger partial charge in [-0.2, -0.15) is 4.57 Å². The number of allylic oxidation sites excluding steroid dienone is 3. The highest BCUT2D eigenvalue weighted by Gasteiger charge is 2.24. The molecule has 0 saturated heterocycles. The van der Waals surface area contributed by atoms with E-state index in [9.17, 15) is 0 Å². The maximum atomic E-state index is 2.48. The molecule has 0 bridgehead atoms. The molecule has 0 fully saturated rings. The zero-order chi connectivity index (χ0) is 23.5. The van der Waals surface area contributed by atoms with Crippen molar-refractivity contribution in [3.05, 3.63) is 81.5 Å². The van der Waals surface area contributed by atoms with Gasteiger partial charge in [0.2, 0.25) is 0 Å². The minimum Gasteiger partial charge on any atom is -0.348 e. The summed E-state index contributed by atoms with van der Waals surface area (Å²) in [5.74, 6) is 0. The number of fused-ring (bicyclic) bond motifs is 2. The molecule has 4 rings (SSSR count). The average molecular weight is 440 g/mol. The van der Waals surface area contributed by atoms with E-state index in [-0.39, 0.29) is 0 Å². The van der Waals surface area contributed by atoms with Crippen LogP contribution in [0, 0.1) is 27.7 Å². The lowest BCUT2D eigenvalue weighted by molar-refractivity contribution is -0.704. The molecule has 2 aliphatic carbocycles. The molecular formula is C31H39N2+. The fourth-order valence-corrected chi connectivity index (χ4v) is 5.22. The Hall–Kier alpha value is -2.87. The number of unbranched alkanes of at least 4 members (excludes halogenated alkanes) is 2. The van der Waals surface area contributed by atoms with E-state index >= 15 is 0 Å². The van der Waals surface area contributed by atoms with Gasteiger partial charge in [-0.3, -0.25) is 0 Å². The van der Waals surface area contributed by atoms with E-state index in [0.717, 1.165) is 13.1 Å². The fourth-order valence-electron chi connectivity index (χ4n) is 5.22. The number of hydrogen-bond donors (Lipinski definition) is 0. The molecule has 0 spiro atoms. The second-order valence-corrected chi connectivity index (χ2v) is 9.48. The highest BCUT2D eigenvalue weighted by atomic mass is 15.0. The maximum Gasteiger partial charge on any atom is 0.186 e. The summed E-state index contributed by atoms with van der Waals surface area (Å²) >= 11 is 0. The Labute approximate surface area is 200 Å². The SMILES string of the molecule is CCCCn1c(C)c2c(c1C)C=CC(=Cc1ccc3c(C)[n+](CCCC)c(C)c-3cc1)C=C2. The Kier molecular flexibility index (Phi) is 7.02. The first-order valence-electron chi connectivity index (χ1n) is 12.7. The molecule has 3 aliphatic rings. The van der Waals surface area contributed by atoms with E-state index in [4.69, 9.17) is 0 Å². The number of hydrogen-bond acceptors (Lipinski definition) is 0. The molecule has 2 nitrogen and oxygen atoms in total. The van der Waals surface area contributed by atoms with E-state index in [1.165, 1.54) is 81.8 Å². The van der Waals surface area contributed by atoms with Crippen LogP contribution < -0.4 is 4.57 Å². The summed E-state index contributed by atoms with van der Waals surface area (Å²) in [6.45, 7) is 15.8. The van der Waals surface area contributed by atoms with Crippen LogP contribution in [0.3, 0.4) is 0 Å². The van der Waals surface area contributed by atoms with Gasteiger partial charge in [0, 0.05) is 49.3 Å². The number of nitrogens with zero attached hydrogens (tertiary/aromatic N) is 2. The Morgan fingerprint density at radius 2 is 1.27 bits per heavy atom. The van der Waals surface area contributed by atoms with E-state index in [2.05, 4.69) is 105 Å². The van der Waals surface area contributed by atoms with Crippen LogP contribution in [-0.2, 0) is 13.1 Å². The summed E-state index contributed by atoms with van der Waals surface area (Å²) in [6.07, 6.45) is 16.3. The Morgan fingerprint density at radius 1 is 0.727 bits per heavy atom. The van der Waals surface area contributed by atoms with Gasteiger partial charge < -0.3 is 4.57 Å².